The summed E-state index contributed by atoms with van der Waals surface area (Å²) >= 11 is 1.84. The minimum Gasteiger partial charge on any atom is -0.382 e. The molecule has 2 unspecified atom stereocenters. The van der Waals surface area contributed by atoms with Crippen LogP contribution in [0, 0.1) is 11.3 Å². The number of nitrogens with two attached hydrogens (primary N) is 1. The standard InChI is InChI=1S/C13H19N3S/c1-9-4-2-5-10(8-9)17-11-6-3-7-16-12(11)13(14)15/h3,6-7,9-10H,2,4-5,8H2,1H3,(H3,14,15). The number of rotatable bonds is 3. The van der Waals surface area contributed by atoms with Gasteiger partial charge in [0.2, 0.25) is 0 Å². The van der Waals surface area contributed by atoms with E-state index in [4.69, 9.17) is 11.1 Å². The molecule has 0 aromatic carbocycles. The van der Waals surface area contributed by atoms with Crippen LogP contribution in [0.3, 0.4) is 0 Å². The fourth-order valence-electron chi connectivity index (χ4n) is 2.35. The third kappa shape index (κ3) is 3.22. The van der Waals surface area contributed by atoms with Crippen LogP contribution in [0.5, 0.6) is 0 Å². The number of amidine groups is 1. The molecule has 0 spiro atoms. The maximum atomic E-state index is 7.54. The summed E-state index contributed by atoms with van der Waals surface area (Å²) in [4.78, 5) is 5.25. The van der Waals surface area contributed by atoms with E-state index in [0.29, 0.717) is 10.9 Å². The molecule has 1 aliphatic rings. The van der Waals surface area contributed by atoms with Crippen LogP contribution in [0.1, 0.15) is 38.3 Å². The summed E-state index contributed by atoms with van der Waals surface area (Å²) in [5.41, 5.74) is 6.19. The summed E-state index contributed by atoms with van der Waals surface area (Å²) in [6.45, 7) is 2.32. The van der Waals surface area contributed by atoms with Crippen LogP contribution in [0.2, 0.25) is 0 Å². The van der Waals surface area contributed by atoms with E-state index in [1.165, 1.54) is 25.7 Å². The molecule has 0 saturated heterocycles. The van der Waals surface area contributed by atoms with Gasteiger partial charge in [0.15, 0.2) is 0 Å². The van der Waals surface area contributed by atoms with E-state index < -0.39 is 0 Å². The molecule has 0 amide bonds. The van der Waals surface area contributed by atoms with Crippen molar-refractivity contribution in [1.29, 1.82) is 5.41 Å². The molecule has 3 N–H and O–H groups in total. The zero-order valence-electron chi connectivity index (χ0n) is 10.1. The van der Waals surface area contributed by atoms with E-state index in [1.54, 1.807) is 6.20 Å². The highest BCUT2D eigenvalue weighted by Crippen LogP contribution is 2.36. The molecule has 2 rings (SSSR count). The number of aromatic nitrogens is 1. The van der Waals surface area contributed by atoms with E-state index in [9.17, 15) is 0 Å². The van der Waals surface area contributed by atoms with E-state index in [0.717, 1.165) is 10.8 Å². The van der Waals surface area contributed by atoms with Gasteiger partial charge in [-0.25, -0.2) is 0 Å². The molecule has 0 bridgehead atoms. The minimum absolute atomic E-state index is 0.0666. The molecule has 2 atom stereocenters. The Labute approximate surface area is 107 Å². The number of hydrogen-bond donors (Lipinski definition) is 2. The monoisotopic (exact) mass is 249 g/mol. The van der Waals surface area contributed by atoms with Crippen LogP contribution in [0.15, 0.2) is 23.2 Å². The quantitative estimate of drug-likeness (QED) is 0.639. The topological polar surface area (TPSA) is 62.8 Å². The number of nitrogens with one attached hydrogen (secondary N) is 1. The smallest absolute Gasteiger partial charge is 0.142 e. The molecular weight excluding hydrogens is 230 g/mol. The zero-order chi connectivity index (χ0) is 12.3. The van der Waals surface area contributed by atoms with Crippen LogP contribution >= 0.6 is 11.8 Å². The van der Waals surface area contributed by atoms with Gasteiger partial charge in [0.1, 0.15) is 11.5 Å². The van der Waals surface area contributed by atoms with Gasteiger partial charge in [0, 0.05) is 16.3 Å². The lowest BCUT2D eigenvalue weighted by molar-refractivity contribution is 0.394. The summed E-state index contributed by atoms with van der Waals surface area (Å²) in [6, 6.07) is 3.94. The van der Waals surface area contributed by atoms with Crippen molar-refractivity contribution in [3.05, 3.63) is 24.0 Å². The molecule has 1 heterocycles. The van der Waals surface area contributed by atoms with Crippen LogP contribution in [-0.4, -0.2) is 16.1 Å². The van der Waals surface area contributed by atoms with Gasteiger partial charge in [-0.05, 0) is 30.9 Å². The molecular formula is C13H19N3S. The number of pyridine rings is 1. The largest absolute Gasteiger partial charge is 0.382 e. The first-order valence-electron chi connectivity index (χ1n) is 6.13. The molecule has 4 heteroatoms. The van der Waals surface area contributed by atoms with Gasteiger partial charge >= 0.3 is 0 Å². The molecule has 1 saturated carbocycles. The van der Waals surface area contributed by atoms with Crippen LogP contribution in [-0.2, 0) is 0 Å². The Bertz CT molecular complexity index is 405. The highest BCUT2D eigenvalue weighted by molar-refractivity contribution is 8.00. The first-order valence-corrected chi connectivity index (χ1v) is 7.01. The van der Waals surface area contributed by atoms with Crippen molar-refractivity contribution in [2.24, 2.45) is 11.7 Å². The van der Waals surface area contributed by atoms with Gasteiger partial charge in [-0.1, -0.05) is 19.8 Å². The molecule has 1 aliphatic carbocycles. The fourth-order valence-corrected chi connectivity index (χ4v) is 3.85. The molecule has 1 aromatic rings. The summed E-state index contributed by atoms with van der Waals surface area (Å²) in [6.07, 6.45) is 6.89. The molecule has 3 nitrogen and oxygen atoms in total. The highest BCUT2D eigenvalue weighted by Gasteiger charge is 2.21. The van der Waals surface area contributed by atoms with Crippen molar-refractivity contribution >= 4 is 17.6 Å². The van der Waals surface area contributed by atoms with Crippen molar-refractivity contribution in [2.45, 2.75) is 42.8 Å². The normalized spacial score (nSPS) is 24.5. The second kappa shape index (κ2) is 5.54. The van der Waals surface area contributed by atoms with Crippen LogP contribution < -0.4 is 5.73 Å². The molecule has 1 aromatic heterocycles. The number of thioether (sulfide) groups is 1. The minimum atomic E-state index is 0.0666. The highest BCUT2D eigenvalue weighted by atomic mass is 32.2. The summed E-state index contributed by atoms with van der Waals surface area (Å²) in [5.74, 6) is 0.885. The van der Waals surface area contributed by atoms with Crippen molar-refractivity contribution in [3.63, 3.8) is 0 Å². The van der Waals surface area contributed by atoms with Gasteiger partial charge in [0.05, 0.1) is 0 Å². The second-order valence-corrected chi connectivity index (χ2v) is 6.12. The molecule has 0 aliphatic heterocycles. The maximum Gasteiger partial charge on any atom is 0.142 e. The van der Waals surface area contributed by atoms with Crippen molar-refractivity contribution in [3.8, 4) is 0 Å². The predicted octanol–water partition coefficient (Wildman–Crippen LogP) is 3.04. The van der Waals surface area contributed by atoms with Gasteiger partial charge < -0.3 is 5.73 Å². The van der Waals surface area contributed by atoms with Gasteiger partial charge in [-0.3, -0.25) is 10.4 Å². The molecule has 92 valence electrons. The van der Waals surface area contributed by atoms with E-state index in [2.05, 4.69) is 11.9 Å². The van der Waals surface area contributed by atoms with Crippen molar-refractivity contribution in [1.82, 2.24) is 4.98 Å². The van der Waals surface area contributed by atoms with Crippen molar-refractivity contribution in [2.75, 3.05) is 0 Å². The van der Waals surface area contributed by atoms with Gasteiger partial charge in [-0.2, -0.15) is 0 Å². The lowest BCUT2D eigenvalue weighted by atomic mass is 9.91. The Morgan fingerprint density at radius 3 is 3.06 bits per heavy atom. The molecule has 1 fully saturated rings. The fraction of sp³-hybridized carbons (Fsp3) is 0.538. The zero-order valence-corrected chi connectivity index (χ0v) is 11.0. The third-order valence-electron chi connectivity index (χ3n) is 3.21. The number of hydrogen-bond acceptors (Lipinski definition) is 3. The van der Waals surface area contributed by atoms with Crippen LogP contribution in [0.25, 0.3) is 0 Å². The van der Waals surface area contributed by atoms with E-state index in [1.807, 2.05) is 23.9 Å². The first-order chi connectivity index (χ1) is 8.16. The first kappa shape index (κ1) is 12.4. The Kier molecular flexibility index (Phi) is 4.05. The second-order valence-electron chi connectivity index (χ2n) is 4.78. The van der Waals surface area contributed by atoms with E-state index in [-0.39, 0.29) is 5.84 Å². The summed E-state index contributed by atoms with van der Waals surface area (Å²) < 4.78 is 0. The number of nitrogen functional groups attached to an aromatic ring is 1. The maximum absolute atomic E-state index is 7.54. The predicted molar refractivity (Wildman–Crippen MR) is 72.5 cm³/mol. The third-order valence-corrected chi connectivity index (χ3v) is 4.55. The Hall–Kier alpha value is -1.03. The average Bonchev–Trinajstić information content (AvgIpc) is 2.29. The van der Waals surface area contributed by atoms with Crippen LogP contribution in [0.4, 0.5) is 0 Å². The lowest BCUT2D eigenvalue weighted by Crippen LogP contribution is -2.18. The average molecular weight is 249 g/mol. The number of nitrogens with zero attached hydrogens (tertiary/aromatic N) is 1. The SMILES string of the molecule is CC1CCCC(Sc2cccnc2C(=N)N)C1. The molecule has 17 heavy (non-hydrogen) atoms. The van der Waals surface area contributed by atoms with E-state index >= 15 is 0 Å². The summed E-state index contributed by atoms with van der Waals surface area (Å²) in [5, 5.41) is 8.19. The van der Waals surface area contributed by atoms with Gasteiger partial charge in [-0.15, -0.1) is 11.8 Å². The Balaban J connectivity index is 2.10. The Morgan fingerprint density at radius 2 is 2.35 bits per heavy atom. The van der Waals surface area contributed by atoms with Crippen molar-refractivity contribution < 1.29 is 0 Å². The lowest BCUT2D eigenvalue weighted by Gasteiger charge is -2.26. The van der Waals surface area contributed by atoms with Gasteiger partial charge in [0.25, 0.3) is 0 Å². The Morgan fingerprint density at radius 1 is 1.53 bits per heavy atom. The molecule has 0 radical (unpaired) electrons. The summed E-state index contributed by atoms with van der Waals surface area (Å²) in [7, 11) is 0.